The Morgan fingerprint density at radius 2 is 2.09 bits per heavy atom. The van der Waals surface area contributed by atoms with E-state index in [9.17, 15) is 0 Å². The third-order valence-corrected chi connectivity index (χ3v) is 6.84. The van der Waals surface area contributed by atoms with Gasteiger partial charge in [0.25, 0.3) is 0 Å². The minimum atomic E-state index is 0.384. The first-order valence-corrected chi connectivity index (χ1v) is 11.7. The highest BCUT2D eigenvalue weighted by atomic mass is 15.6. The molecule has 1 aliphatic carbocycles. The zero-order valence-corrected chi connectivity index (χ0v) is 19.5. The Balaban J connectivity index is 1.42. The molecule has 4 heterocycles. The maximum atomic E-state index is 4.88. The number of nitrogens with one attached hydrogen (secondary N) is 4. The number of fused-ring (bicyclic) bond motifs is 1. The molecule has 32 heavy (non-hydrogen) atoms. The van der Waals surface area contributed by atoms with Gasteiger partial charge in [0, 0.05) is 49.0 Å². The lowest BCUT2D eigenvalue weighted by Gasteiger charge is -2.36. The minimum absolute atomic E-state index is 0.384. The van der Waals surface area contributed by atoms with Gasteiger partial charge in [0.05, 0.1) is 5.39 Å². The van der Waals surface area contributed by atoms with Crippen LogP contribution in [0.5, 0.6) is 0 Å². The molecule has 170 valence electrons. The number of hydrazine groups is 1. The summed E-state index contributed by atoms with van der Waals surface area (Å²) >= 11 is 0. The van der Waals surface area contributed by atoms with Gasteiger partial charge < -0.3 is 20.9 Å². The summed E-state index contributed by atoms with van der Waals surface area (Å²) in [5.41, 5.74) is 5.80. The number of hydrogen-bond acceptors (Lipinski definition) is 7. The molecule has 1 fully saturated rings. The number of likely N-dealkylation sites (N-methyl/N-ethyl adjacent to an activating group) is 1. The van der Waals surface area contributed by atoms with Gasteiger partial charge in [-0.3, -0.25) is 5.01 Å². The monoisotopic (exact) mass is 434 g/mol. The summed E-state index contributed by atoms with van der Waals surface area (Å²) < 4.78 is 0. The quantitative estimate of drug-likeness (QED) is 0.567. The number of nitrogens with zero attached hydrogens (tertiary/aromatic N) is 4. The fourth-order valence-corrected chi connectivity index (χ4v) is 5.02. The number of piperidine rings is 1. The van der Waals surface area contributed by atoms with Crippen LogP contribution in [0.25, 0.3) is 11.0 Å². The van der Waals surface area contributed by atoms with Gasteiger partial charge in [-0.1, -0.05) is 6.08 Å². The summed E-state index contributed by atoms with van der Waals surface area (Å²) in [6, 6.07) is 2.83. The molecule has 2 aliphatic heterocycles. The van der Waals surface area contributed by atoms with E-state index in [0.29, 0.717) is 18.0 Å². The van der Waals surface area contributed by atoms with Crippen LogP contribution in [0, 0.1) is 0 Å². The molecule has 0 amide bonds. The lowest BCUT2D eigenvalue weighted by atomic mass is 10.0. The van der Waals surface area contributed by atoms with Crippen molar-refractivity contribution in [2.45, 2.75) is 58.5 Å². The van der Waals surface area contributed by atoms with Crippen LogP contribution in [0.15, 0.2) is 47.1 Å². The zero-order valence-electron chi connectivity index (χ0n) is 19.5. The third-order valence-electron chi connectivity index (χ3n) is 6.84. The van der Waals surface area contributed by atoms with Gasteiger partial charge in [-0.25, -0.2) is 5.01 Å². The molecule has 5 rings (SSSR count). The molecule has 2 unspecified atom stereocenters. The molecule has 3 aliphatic rings. The van der Waals surface area contributed by atoms with Gasteiger partial charge in [-0.15, -0.1) is 0 Å². The van der Waals surface area contributed by atoms with E-state index in [1.54, 1.807) is 0 Å². The van der Waals surface area contributed by atoms with Crippen LogP contribution in [0.2, 0.25) is 0 Å². The van der Waals surface area contributed by atoms with Crippen LogP contribution in [0.4, 0.5) is 11.8 Å². The van der Waals surface area contributed by atoms with E-state index in [0.717, 1.165) is 54.9 Å². The molecule has 0 bridgehead atoms. The van der Waals surface area contributed by atoms with Crippen LogP contribution in [0.3, 0.4) is 0 Å². The molecule has 2 aromatic heterocycles. The van der Waals surface area contributed by atoms with Crippen LogP contribution >= 0.6 is 0 Å². The highest BCUT2D eigenvalue weighted by Gasteiger charge is 2.29. The van der Waals surface area contributed by atoms with E-state index < -0.39 is 0 Å². The average molecular weight is 435 g/mol. The van der Waals surface area contributed by atoms with Gasteiger partial charge in [0.1, 0.15) is 11.5 Å². The first kappa shape index (κ1) is 21.0. The van der Waals surface area contributed by atoms with Crippen molar-refractivity contribution >= 4 is 22.8 Å². The van der Waals surface area contributed by atoms with E-state index in [1.165, 1.54) is 23.4 Å². The predicted octanol–water partition coefficient (Wildman–Crippen LogP) is 3.94. The van der Waals surface area contributed by atoms with Crippen molar-refractivity contribution in [1.29, 1.82) is 0 Å². The van der Waals surface area contributed by atoms with Crippen LogP contribution in [-0.4, -0.2) is 57.2 Å². The molecular formula is C24H34N8. The molecule has 8 nitrogen and oxygen atoms in total. The highest BCUT2D eigenvalue weighted by Crippen LogP contribution is 2.34. The number of aromatic nitrogens is 3. The normalized spacial score (nSPS) is 24.7. The largest absolute Gasteiger partial charge is 0.365 e. The van der Waals surface area contributed by atoms with Crippen molar-refractivity contribution in [2.75, 3.05) is 30.8 Å². The molecule has 0 spiro atoms. The summed E-state index contributed by atoms with van der Waals surface area (Å²) in [6.45, 7) is 8.66. The molecule has 1 saturated heterocycles. The summed E-state index contributed by atoms with van der Waals surface area (Å²) in [4.78, 5) is 12.9. The third kappa shape index (κ3) is 3.89. The van der Waals surface area contributed by atoms with E-state index in [2.05, 4.69) is 70.9 Å². The maximum Gasteiger partial charge on any atom is 0.231 e. The maximum absolute atomic E-state index is 4.88. The van der Waals surface area contributed by atoms with E-state index >= 15 is 0 Å². The van der Waals surface area contributed by atoms with Gasteiger partial charge in [-0.2, -0.15) is 9.97 Å². The van der Waals surface area contributed by atoms with Crippen LogP contribution in [-0.2, 0) is 0 Å². The molecule has 2 atom stereocenters. The van der Waals surface area contributed by atoms with Crippen molar-refractivity contribution in [3.63, 3.8) is 0 Å². The molecule has 4 N–H and O–H groups in total. The van der Waals surface area contributed by atoms with Crippen molar-refractivity contribution < 1.29 is 0 Å². The molecule has 0 radical (unpaired) electrons. The van der Waals surface area contributed by atoms with Gasteiger partial charge in [0.2, 0.25) is 5.95 Å². The number of H-pyrrole nitrogens is 1. The van der Waals surface area contributed by atoms with Crippen LogP contribution in [0.1, 0.15) is 46.5 Å². The summed E-state index contributed by atoms with van der Waals surface area (Å²) in [6.07, 6.45) is 10.8. The Morgan fingerprint density at radius 1 is 1.22 bits per heavy atom. The second-order valence-corrected chi connectivity index (χ2v) is 9.11. The number of hydrogen-bond donors (Lipinski definition) is 4. The smallest absolute Gasteiger partial charge is 0.231 e. The number of anilines is 2. The SMILES string of the molecule is CC1=CC(C)N(C)N1C1=C(C)C(Nc2nc(NC3CCCNC3)c3cc[nH]c3n2)=CCC1. The van der Waals surface area contributed by atoms with Gasteiger partial charge >= 0.3 is 0 Å². The Morgan fingerprint density at radius 3 is 2.84 bits per heavy atom. The number of rotatable bonds is 5. The Bertz CT molecular complexity index is 1090. The van der Waals surface area contributed by atoms with E-state index in [1.807, 2.05) is 12.3 Å². The van der Waals surface area contributed by atoms with Gasteiger partial charge in [-0.05, 0) is 70.7 Å². The van der Waals surface area contributed by atoms with Gasteiger partial charge in [0.15, 0.2) is 0 Å². The number of allylic oxidation sites excluding steroid dienone is 4. The molecule has 2 aromatic rings. The molecule has 8 heteroatoms. The van der Waals surface area contributed by atoms with Crippen molar-refractivity contribution in [2.24, 2.45) is 0 Å². The Labute approximate surface area is 189 Å². The Kier molecular flexibility index (Phi) is 5.65. The fraction of sp³-hybridized carbons (Fsp3) is 0.500. The highest BCUT2D eigenvalue weighted by molar-refractivity contribution is 5.88. The molecule has 0 saturated carbocycles. The second kappa shape index (κ2) is 8.60. The molecular weight excluding hydrogens is 400 g/mol. The van der Waals surface area contributed by atoms with E-state index in [4.69, 9.17) is 9.97 Å². The fourth-order valence-electron chi connectivity index (χ4n) is 5.02. The molecule has 0 aromatic carbocycles. The minimum Gasteiger partial charge on any atom is -0.365 e. The summed E-state index contributed by atoms with van der Waals surface area (Å²) in [5.74, 6) is 1.51. The topological polar surface area (TPSA) is 84.1 Å². The summed E-state index contributed by atoms with van der Waals surface area (Å²) in [5, 5.41) is 16.3. The lowest BCUT2D eigenvalue weighted by Crippen LogP contribution is -2.38. The summed E-state index contributed by atoms with van der Waals surface area (Å²) in [7, 11) is 2.16. The zero-order chi connectivity index (χ0) is 22.2. The number of aromatic amines is 1. The second-order valence-electron chi connectivity index (χ2n) is 9.11. The van der Waals surface area contributed by atoms with Crippen molar-refractivity contribution in [3.05, 3.63) is 47.1 Å². The predicted molar refractivity (Wildman–Crippen MR) is 130 cm³/mol. The first-order valence-electron chi connectivity index (χ1n) is 11.7. The van der Waals surface area contributed by atoms with E-state index in [-0.39, 0.29) is 0 Å². The lowest BCUT2D eigenvalue weighted by molar-refractivity contribution is 0.0719. The average Bonchev–Trinajstić information content (AvgIpc) is 3.35. The Hall–Kier alpha value is -2.84. The standard InChI is InChI=1S/C24H34N8/c1-15-13-16(2)32(31(15)4)21-9-5-8-20(17(21)3)28-24-29-22-19(10-12-26-22)23(30-24)27-18-7-6-11-25-14-18/h8,10,12-13,15,18,25H,5-7,9,11,14H2,1-4H3,(H3,26,27,28,29,30). The van der Waals surface area contributed by atoms with Crippen molar-refractivity contribution in [1.82, 2.24) is 30.3 Å². The first-order chi connectivity index (χ1) is 15.5. The van der Waals surface area contributed by atoms with Crippen LogP contribution < -0.4 is 16.0 Å². The van der Waals surface area contributed by atoms with Crippen molar-refractivity contribution in [3.8, 4) is 0 Å².